The van der Waals surface area contributed by atoms with Gasteiger partial charge in [-0.15, -0.1) is 0 Å². The molecule has 17 heavy (non-hydrogen) atoms. The molecule has 0 aliphatic rings. The molecule has 0 aromatic carbocycles. The fraction of sp³-hybridized carbons (Fsp3) is 1.00. The maximum absolute atomic E-state index is 9.77. The van der Waals surface area contributed by atoms with Gasteiger partial charge in [0.05, 0.1) is 6.42 Å². The first-order valence-corrected chi connectivity index (χ1v) is 6.61. The van der Waals surface area contributed by atoms with Crippen molar-refractivity contribution in [3.05, 3.63) is 0 Å². The van der Waals surface area contributed by atoms with Crippen LogP contribution in [0.1, 0.15) is 27.2 Å². The second-order valence-corrected chi connectivity index (χ2v) is 5.61. The summed E-state index contributed by atoms with van der Waals surface area (Å²) in [6, 6.07) is 0. The molecule has 0 aliphatic heterocycles. The molecule has 1 N–H and O–H groups in total. The van der Waals surface area contributed by atoms with Crippen molar-refractivity contribution in [2.45, 2.75) is 43.1 Å². The first-order valence-electron chi connectivity index (χ1n) is 5.48. The molecule has 0 amide bonds. The lowest BCUT2D eigenvalue weighted by atomic mass is 10.2. The molecule has 0 rings (SSSR count). The van der Waals surface area contributed by atoms with Gasteiger partial charge >= 0.3 is 0 Å². The molecule has 0 aliphatic carbocycles. The van der Waals surface area contributed by atoms with Crippen LogP contribution in [0, 0.1) is 0 Å². The van der Waals surface area contributed by atoms with E-state index in [0.717, 1.165) is 0 Å². The van der Waals surface area contributed by atoms with Gasteiger partial charge in [0, 0.05) is 19.8 Å². The quantitative estimate of drug-likeness (QED) is 0.553. The molecule has 0 aromatic rings. The largest absolute Gasteiger partial charge is 0.388 e. The average Bonchev–Trinajstić information content (AvgIpc) is 2.17. The predicted octanol–water partition coefficient (Wildman–Crippen LogP) is 2.87. The van der Waals surface area contributed by atoms with Crippen LogP contribution in [0.25, 0.3) is 0 Å². The minimum atomic E-state index is -1.81. The molecule has 0 saturated carbocycles. The van der Waals surface area contributed by atoms with Crippen LogP contribution in [0.15, 0.2) is 0 Å². The van der Waals surface area contributed by atoms with E-state index < -0.39 is 15.9 Å². The van der Waals surface area contributed by atoms with Crippen molar-refractivity contribution < 1.29 is 19.3 Å². The Kier molecular flexibility index (Phi) is 8.33. The van der Waals surface area contributed by atoms with Crippen molar-refractivity contribution in [3.63, 3.8) is 0 Å². The monoisotopic (exact) mass is 308 g/mol. The zero-order valence-electron chi connectivity index (χ0n) is 10.2. The van der Waals surface area contributed by atoms with Crippen molar-refractivity contribution in [2.24, 2.45) is 0 Å². The number of aliphatic hydroxyl groups is 1. The zero-order chi connectivity index (χ0) is 13.5. The van der Waals surface area contributed by atoms with Gasteiger partial charge in [-0.25, -0.2) is 0 Å². The number of alkyl halides is 3. The number of aliphatic hydroxyl groups excluding tert-OH is 1. The Labute approximate surface area is 117 Å². The standard InChI is InChI=1S/C10H19Cl3O4/c1-4-15-9(16-5-2,17-6-3)7-8(14)10(11,12)13/h8,14H,4-7H2,1-3H3. The van der Waals surface area contributed by atoms with Crippen LogP contribution in [-0.2, 0) is 14.2 Å². The van der Waals surface area contributed by atoms with Gasteiger partial charge in [-0.05, 0) is 20.8 Å². The van der Waals surface area contributed by atoms with E-state index in [-0.39, 0.29) is 6.42 Å². The van der Waals surface area contributed by atoms with Crippen LogP contribution < -0.4 is 0 Å². The van der Waals surface area contributed by atoms with Crippen LogP contribution in [0.4, 0.5) is 0 Å². The Morgan fingerprint density at radius 3 is 1.53 bits per heavy atom. The lowest BCUT2D eigenvalue weighted by Gasteiger charge is -2.35. The highest BCUT2D eigenvalue weighted by Crippen LogP contribution is 2.36. The molecule has 1 atom stereocenters. The Hall–Kier alpha value is 0.710. The smallest absolute Gasteiger partial charge is 0.285 e. The highest BCUT2D eigenvalue weighted by atomic mass is 35.6. The molecule has 0 bridgehead atoms. The summed E-state index contributed by atoms with van der Waals surface area (Å²) in [5.74, 6) is -1.37. The van der Waals surface area contributed by atoms with Gasteiger partial charge in [-0.2, -0.15) is 0 Å². The summed E-state index contributed by atoms with van der Waals surface area (Å²) in [5, 5.41) is 9.77. The maximum Gasteiger partial charge on any atom is 0.285 e. The van der Waals surface area contributed by atoms with Crippen LogP contribution in [0.2, 0.25) is 0 Å². The number of hydrogen-bond donors (Lipinski definition) is 1. The zero-order valence-corrected chi connectivity index (χ0v) is 12.5. The van der Waals surface area contributed by atoms with Crippen LogP contribution in [0.3, 0.4) is 0 Å². The number of rotatable bonds is 8. The molecule has 0 radical (unpaired) electrons. The lowest BCUT2D eigenvalue weighted by Crippen LogP contribution is -2.45. The summed E-state index contributed by atoms with van der Waals surface area (Å²) >= 11 is 16.8. The first kappa shape index (κ1) is 17.7. The van der Waals surface area contributed by atoms with Crippen LogP contribution >= 0.6 is 34.8 Å². The molecule has 0 fully saturated rings. The molecule has 7 heteroatoms. The van der Waals surface area contributed by atoms with Gasteiger partial charge in [0.15, 0.2) is 0 Å². The molecule has 0 aromatic heterocycles. The normalized spacial score (nSPS) is 15.0. The topological polar surface area (TPSA) is 47.9 Å². The summed E-state index contributed by atoms with van der Waals surface area (Å²) in [6.07, 6.45) is -1.34. The van der Waals surface area contributed by atoms with Crippen LogP contribution in [-0.4, -0.2) is 40.8 Å². The SMILES string of the molecule is CCOC(CC(O)C(Cl)(Cl)Cl)(OCC)OCC. The van der Waals surface area contributed by atoms with E-state index in [1.165, 1.54) is 0 Å². The summed E-state index contributed by atoms with van der Waals surface area (Å²) in [6.45, 7) is 6.42. The number of ether oxygens (including phenoxy) is 3. The van der Waals surface area contributed by atoms with Gasteiger partial charge in [0.25, 0.3) is 5.97 Å². The second kappa shape index (κ2) is 8.00. The fourth-order valence-corrected chi connectivity index (χ4v) is 1.55. The van der Waals surface area contributed by atoms with Gasteiger partial charge in [-0.1, -0.05) is 34.8 Å². The van der Waals surface area contributed by atoms with Crippen molar-refractivity contribution in [1.29, 1.82) is 0 Å². The van der Waals surface area contributed by atoms with E-state index in [4.69, 9.17) is 49.0 Å². The molecule has 0 spiro atoms. The Balaban J connectivity index is 4.75. The van der Waals surface area contributed by atoms with Gasteiger partial charge < -0.3 is 19.3 Å². The summed E-state index contributed by atoms with van der Waals surface area (Å²) < 4.78 is 14.4. The molecule has 1 unspecified atom stereocenters. The maximum atomic E-state index is 9.77. The Bertz CT molecular complexity index is 191. The average molecular weight is 310 g/mol. The van der Waals surface area contributed by atoms with E-state index in [0.29, 0.717) is 19.8 Å². The predicted molar refractivity (Wildman–Crippen MR) is 68.5 cm³/mol. The third-order valence-electron chi connectivity index (χ3n) is 1.91. The summed E-state index contributed by atoms with van der Waals surface area (Å²) in [7, 11) is 0. The van der Waals surface area contributed by atoms with Crippen LogP contribution in [0.5, 0.6) is 0 Å². The van der Waals surface area contributed by atoms with Crippen molar-refractivity contribution in [1.82, 2.24) is 0 Å². The lowest BCUT2D eigenvalue weighted by molar-refractivity contribution is -0.385. The van der Waals surface area contributed by atoms with Gasteiger partial charge in [0.1, 0.15) is 6.10 Å². The Morgan fingerprint density at radius 2 is 1.29 bits per heavy atom. The van der Waals surface area contributed by atoms with E-state index >= 15 is 0 Å². The highest BCUT2D eigenvalue weighted by Gasteiger charge is 2.42. The van der Waals surface area contributed by atoms with Gasteiger partial charge in [0.2, 0.25) is 3.79 Å². The number of halogens is 3. The van der Waals surface area contributed by atoms with E-state index in [1.807, 2.05) is 0 Å². The fourth-order valence-electron chi connectivity index (χ4n) is 1.31. The summed E-state index contributed by atoms with van der Waals surface area (Å²) in [5.41, 5.74) is 0. The highest BCUT2D eigenvalue weighted by molar-refractivity contribution is 6.68. The van der Waals surface area contributed by atoms with E-state index in [2.05, 4.69) is 0 Å². The minimum absolute atomic E-state index is 0.0843. The van der Waals surface area contributed by atoms with Crippen molar-refractivity contribution in [2.75, 3.05) is 19.8 Å². The first-order chi connectivity index (χ1) is 7.81. The molecule has 0 saturated heterocycles. The molecular weight excluding hydrogens is 290 g/mol. The molecule has 0 heterocycles. The molecular formula is C10H19Cl3O4. The summed E-state index contributed by atoms with van der Waals surface area (Å²) in [4.78, 5) is 0. The second-order valence-electron chi connectivity index (χ2n) is 3.24. The van der Waals surface area contributed by atoms with Crippen molar-refractivity contribution in [3.8, 4) is 0 Å². The van der Waals surface area contributed by atoms with Gasteiger partial charge in [-0.3, -0.25) is 0 Å². The van der Waals surface area contributed by atoms with Crippen molar-refractivity contribution >= 4 is 34.8 Å². The Morgan fingerprint density at radius 1 is 0.941 bits per heavy atom. The third kappa shape index (κ3) is 6.43. The third-order valence-corrected chi connectivity index (χ3v) is 2.67. The molecule has 4 nitrogen and oxygen atoms in total. The minimum Gasteiger partial charge on any atom is -0.388 e. The van der Waals surface area contributed by atoms with E-state index in [1.54, 1.807) is 20.8 Å². The van der Waals surface area contributed by atoms with E-state index in [9.17, 15) is 5.11 Å². The number of hydrogen-bond acceptors (Lipinski definition) is 4. The molecule has 104 valence electrons.